The molecule has 0 fully saturated rings. The standard InChI is InChI=1S/C13H17N5/c1-6-2-4-7(5-3-6)8-9(14)11(16)13(18)12(17)10(8)15/h2-5H,14-18H2,1H3. The molecule has 0 heterocycles. The molecule has 0 bridgehead atoms. The van der Waals surface area contributed by atoms with E-state index in [0.29, 0.717) is 16.9 Å². The molecule has 0 aromatic heterocycles. The summed E-state index contributed by atoms with van der Waals surface area (Å²) < 4.78 is 0. The molecule has 2 aromatic carbocycles. The van der Waals surface area contributed by atoms with Gasteiger partial charge in [0.1, 0.15) is 0 Å². The summed E-state index contributed by atoms with van der Waals surface area (Å²) in [5.41, 5.74) is 33.5. The number of benzene rings is 2. The molecule has 18 heavy (non-hydrogen) atoms. The van der Waals surface area contributed by atoms with Gasteiger partial charge in [0.05, 0.1) is 28.4 Å². The first-order chi connectivity index (χ1) is 8.43. The fourth-order valence-electron chi connectivity index (χ4n) is 1.88. The third-order valence-corrected chi connectivity index (χ3v) is 3.04. The van der Waals surface area contributed by atoms with E-state index in [4.69, 9.17) is 28.7 Å². The Morgan fingerprint density at radius 3 is 1.44 bits per heavy atom. The average molecular weight is 243 g/mol. The molecule has 0 atom stereocenters. The van der Waals surface area contributed by atoms with Gasteiger partial charge in [-0.1, -0.05) is 29.8 Å². The first kappa shape index (κ1) is 11.9. The number of hydrogen-bond acceptors (Lipinski definition) is 5. The smallest absolute Gasteiger partial charge is 0.0824 e. The number of rotatable bonds is 1. The van der Waals surface area contributed by atoms with Crippen molar-refractivity contribution in [1.29, 1.82) is 0 Å². The second-order valence-electron chi connectivity index (χ2n) is 4.31. The van der Waals surface area contributed by atoms with Crippen molar-refractivity contribution in [3.63, 3.8) is 0 Å². The minimum absolute atomic E-state index is 0.237. The largest absolute Gasteiger partial charge is 0.396 e. The van der Waals surface area contributed by atoms with Gasteiger partial charge in [-0.15, -0.1) is 0 Å². The normalized spacial score (nSPS) is 10.5. The van der Waals surface area contributed by atoms with Gasteiger partial charge in [0, 0.05) is 5.56 Å². The summed E-state index contributed by atoms with van der Waals surface area (Å²) in [7, 11) is 0. The Kier molecular flexibility index (Phi) is 2.67. The third kappa shape index (κ3) is 1.66. The Hall–Kier alpha value is -2.56. The zero-order chi connectivity index (χ0) is 13.4. The fraction of sp³-hybridized carbons (Fsp3) is 0.0769. The maximum Gasteiger partial charge on any atom is 0.0824 e. The number of hydrogen-bond donors (Lipinski definition) is 5. The summed E-state index contributed by atoms with van der Waals surface area (Å²) in [5.74, 6) is 0. The Morgan fingerprint density at radius 2 is 1.00 bits per heavy atom. The van der Waals surface area contributed by atoms with Crippen molar-refractivity contribution in [2.45, 2.75) is 6.92 Å². The van der Waals surface area contributed by atoms with E-state index in [1.807, 2.05) is 31.2 Å². The number of aryl methyl sites for hydroxylation is 1. The lowest BCUT2D eigenvalue weighted by molar-refractivity contribution is 1.47. The van der Waals surface area contributed by atoms with Crippen molar-refractivity contribution in [3.8, 4) is 11.1 Å². The van der Waals surface area contributed by atoms with Crippen LogP contribution in [0.25, 0.3) is 11.1 Å². The van der Waals surface area contributed by atoms with Crippen LogP contribution in [0.1, 0.15) is 5.56 Å². The molecule has 0 aliphatic carbocycles. The van der Waals surface area contributed by atoms with Gasteiger partial charge in [-0.2, -0.15) is 0 Å². The molecule has 5 heteroatoms. The summed E-state index contributed by atoms with van der Waals surface area (Å²) in [4.78, 5) is 0. The van der Waals surface area contributed by atoms with Gasteiger partial charge in [0.25, 0.3) is 0 Å². The van der Waals surface area contributed by atoms with Crippen molar-refractivity contribution in [3.05, 3.63) is 29.8 Å². The van der Waals surface area contributed by atoms with Gasteiger partial charge in [0.15, 0.2) is 0 Å². The molecule has 2 aromatic rings. The molecule has 0 spiro atoms. The Morgan fingerprint density at radius 1 is 0.611 bits per heavy atom. The van der Waals surface area contributed by atoms with Crippen molar-refractivity contribution in [1.82, 2.24) is 0 Å². The van der Waals surface area contributed by atoms with E-state index >= 15 is 0 Å². The van der Waals surface area contributed by atoms with Crippen molar-refractivity contribution < 1.29 is 0 Å². The van der Waals surface area contributed by atoms with Gasteiger partial charge < -0.3 is 28.7 Å². The van der Waals surface area contributed by atoms with Crippen molar-refractivity contribution in [2.24, 2.45) is 0 Å². The molecule has 0 amide bonds. The molecule has 0 unspecified atom stereocenters. The molecule has 2 rings (SSSR count). The zero-order valence-corrected chi connectivity index (χ0v) is 10.2. The first-order valence-corrected chi connectivity index (χ1v) is 5.51. The van der Waals surface area contributed by atoms with E-state index < -0.39 is 0 Å². The highest BCUT2D eigenvalue weighted by atomic mass is 14.8. The Labute approximate surface area is 106 Å². The second-order valence-corrected chi connectivity index (χ2v) is 4.31. The molecule has 0 saturated heterocycles. The van der Waals surface area contributed by atoms with Crippen LogP contribution in [0.3, 0.4) is 0 Å². The van der Waals surface area contributed by atoms with Crippen LogP contribution in [0.5, 0.6) is 0 Å². The van der Waals surface area contributed by atoms with Crippen LogP contribution < -0.4 is 28.7 Å². The molecule has 0 aliphatic rings. The molecular formula is C13H17N5. The minimum atomic E-state index is 0.237. The van der Waals surface area contributed by atoms with E-state index in [2.05, 4.69) is 0 Å². The quantitative estimate of drug-likeness (QED) is 0.485. The monoisotopic (exact) mass is 243 g/mol. The molecule has 94 valence electrons. The zero-order valence-electron chi connectivity index (χ0n) is 10.2. The third-order valence-electron chi connectivity index (χ3n) is 3.04. The van der Waals surface area contributed by atoms with Crippen LogP contribution in [-0.4, -0.2) is 0 Å². The topological polar surface area (TPSA) is 130 Å². The van der Waals surface area contributed by atoms with Crippen molar-refractivity contribution in [2.75, 3.05) is 28.7 Å². The maximum atomic E-state index is 5.98. The highest BCUT2D eigenvalue weighted by Crippen LogP contribution is 2.44. The van der Waals surface area contributed by atoms with Crippen LogP contribution in [-0.2, 0) is 0 Å². The van der Waals surface area contributed by atoms with Crippen molar-refractivity contribution >= 4 is 28.4 Å². The SMILES string of the molecule is Cc1ccc(-c2c(N)c(N)c(N)c(N)c2N)cc1. The highest BCUT2D eigenvalue weighted by Gasteiger charge is 2.16. The van der Waals surface area contributed by atoms with E-state index in [9.17, 15) is 0 Å². The summed E-state index contributed by atoms with van der Waals surface area (Å²) in [6.07, 6.45) is 0. The highest BCUT2D eigenvalue weighted by molar-refractivity contribution is 6.05. The van der Waals surface area contributed by atoms with E-state index in [1.54, 1.807) is 0 Å². The lowest BCUT2D eigenvalue weighted by Crippen LogP contribution is -2.09. The van der Waals surface area contributed by atoms with Gasteiger partial charge in [-0.3, -0.25) is 0 Å². The summed E-state index contributed by atoms with van der Waals surface area (Å²) in [5, 5.41) is 0. The number of anilines is 5. The lowest BCUT2D eigenvalue weighted by Gasteiger charge is -2.17. The molecule has 0 saturated carbocycles. The van der Waals surface area contributed by atoms with Gasteiger partial charge in [0.2, 0.25) is 0 Å². The Balaban J connectivity index is 2.75. The van der Waals surface area contributed by atoms with Gasteiger partial charge in [-0.25, -0.2) is 0 Å². The van der Waals surface area contributed by atoms with Crippen LogP contribution in [0, 0.1) is 6.92 Å². The van der Waals surface area contributed by atoms with E-state index in [1.165, 1.54) is 0 Å². The summed E-state index contributed by atoms with van der Waals surface area (Å²) in [6, 6.07) is 7.78. The van der Waals surface area contributed by atoms with Crippen LogP contribution in [0.15, 0.2) is 24.3 Å². The first-order valence-electron chi connectivity index (χ1n) is 5.51. The minimum Gasteiger partial charge on any atom is -0.396 e. The predicted molar refractivity (Wildman–Crippen MR) is 78.7 cm³/mol. The maximum absolute atomic E-state index is 5.98. The second kappa shape index (κ2) is 4.03. The Bertz CT molecular complexity index is 573. The predicted octanol–water partition coefficient (Wildman–Crippen LogP) is 1.57. The molecule has 0 aliphatic heterocycles. The van der Waals surface area contributed by atoms with Gasteiger partial charge >= 0.3 is 0 Å². The molecular weight excluding hydrogens is 226 g/mol. The average Bonchev–Trinajstić information content (AvgIpc) is 2.36. The van der Waals surface area contributed by atoms with Crippen LogP contribution >= 0.6 is 0 Å². The van der Waals surface area contributed by atoms with Gasteiger partial charge in [-0.05, 0) is 12.5 Å². The van der Waals surface area contributed by atoms with E-state index in [0.717, 1.165) is 11.1 Å². The number of nitrogen functional groups attached to an aromatic ring is 5. The number of nitrogens with two attached hydrogens (primary N) is 5. The summed E-state index contributed by atoms with van der Waals surface area (Å²) in [6.45, 7) is 2.00. The molecule has 10 N–H and O–H groups in total. The molecule has 0 radical (unpaired) electrons. The summed E-state index contributed by atoms with van der Waals surface area (Å²) >= 11 is 0. The van der Waals surface area contributed by atoms with Crippen LogP contribution in [0.2, 0.25) is 0 Å². The van der Waals surface area contributed by atoms with Crippen LogP contribution in [0.4, 0.5) is 28.4 Å². The molecule has 5 nitrogen and oxygen atoms in total. The van der Waals surface area contributed by atoms with E-state index in [-0.39, 0.29) is 17.1 Å². The fourth-order valence-corrected chi connectivity index (χ4v) is 1.88. The lowest BCUT2D eigenvalue weighted by atomic mass is 9.97.